The molecular formula is C11H23N3O2. The van der Waals surface area contributed by atoms with E-state index in [0.717, 1.165) is 13.1 Å². The van der Waals surface area contributed by atoms with Gasteiger partial charge in [-0.25, -0.2) is 5.84 Å². The molecule has 0 spiro atoms. The summed E-state index contributed by atoms with van der Waals surface area (Å²) < 4.78 is 5.67. The summed E-state index contributed by atoms with van der Waals surface area (Å²) in [5.74, 6) is 4.93. The van der Waals surface area contributed by atoms with E-state index in [1.807, 2.05) is 6.92 Å². The van der Waals surface area contributed by atoms with Gasteiger partial charge in [-0.1, -0.05) is 6.92 Å². The molecule has 1 aliphatic heterocycles. The molecule has 5 heteroatoms. The van der Waals surface area contributed by atoms with Crippen LogP contribution in [0.25, 0.3) is 0 Å². The Morgan fingerprint density at radius 3 is 2.31 bits per heavy atom. The van der Waals surface area contributed by atoms with Crippen LogP contribution < -0.4 is 11.3 Å². The van der Waals surface area contributed by atoms with E-state index in [0.29, 0.717) is 0 Å². The van der Waals surface area contributed by atoms with Crippen molar-refractivity contribution in [3.8, 4) is 0 Å². The van der Waals surface area contributed by atoms with Crippen LogP contribution in [0.4, 0.5) is 0 Å². The number of rotatable bonds is 3. The topological polar surface area (TPSA) is 67.6 Å². The van der Waals surface area contributed by atoms with E-state index in [1.165, 1.54) is 0 Å². The lowest BCUT2D eigenvalue weighted by Crippen LogP contribution is -2.53. The number of hydrogen-bond acceptors (Lipinski definition) is 4. The zero-order chi connectivity index (χ0) is 12.3. The summed E-state index contributed by atoms with van der Waals surface area (Å²) in [5.41, 5.74) is 2.21. The van der Waals surface area contributed by atoms with Crippen LogP contribution in [-0.4, -0.2) is 42.1 Å². The Morgan fingerprint density at radius 1 is 1.38 bits per heavy atom. The van der Waals surface area contributed by atoms with Gasteiger partial charge in [0.15, 0.2) is 0 Å². The van der Waals surface area contributed by atoms with Gasteiger partial charge in [0.1, 0.15) is 0 Å². The van der Waals surface area contributed by atoms with Crippen LogP contribution in [0.5, 0.6) is 0 Å². The van der Waals surface area contributed by atoms with E-state index in [9.17, 15) is 4.79 Å². The van der Waals surface area contributed by atoms with Crippen molar-refractivity contribution in [3.63, 3.8) is 0 Å². The van der Waals surface area contributed by atoms with Crippen molar-refractivity contribution in [2.24, 2.45) is 11.8 Å². The lowest BCUT2D eigenvalue weighted by molar-refractivity contribution is -0.129. The highest BCUT2D eigenvalue weighted by Crippen LogP contribution is 2.18. The third-order valence-electron chi connectivity index (χ3n) is 3.30. The van der Waals surface area contributed by atoms with E-state index in [1.54, 1.807) is 0 Å². The molecule has 3 N–H and O–H groups in total. The number of carbonyl (C=O) groups is 1. The number of morpholine rings is 1. The summed E-state index contributed by atoms with van der Waals surface area (Å²) in [5, 5.41) is 0. The number of nitrogens with one attached hydrogen (secondary N) is 1. The van der Waals surface area contributed by atoms with Gasteiger partial charge in [0.2, 0.25) is 5.91 Å². The quantitative estimate of drug-likeness (QED) is 0.409. The highest BCUT2D eigenvalue weighted by molar-refractivity contribution is 5.78. The number of amides is 1. The molecule has 1 amide bonds. The summed E-state index contributed by atoms with van der Waals surface area (Å²) in [6.45, 7) is 9.82. The minimum absolute atomic E-state index is 0.109. The van der Waals surface area contributed by atoms with Gasteiger partial charge < -0.3 is 4.74 Å². The molecular weight excluding hydrogens is 206 g/mol. The zero-order valence-corrected chi connectivity index (χ0v) is 10.6. The first-order valence-corrected chi connectivity index (χ1v) is 5.85. The third kappa shape index (κ3) is 3.17. The number of hydrazine groups is 1. The van der Waals surface area contributed by atoms with Gasteiger partial charge >= 0.3 is 0 Å². The highest BCUT2D eigenvalue weighted by Gasteiger charge is 2.30. The summed E-state index contributed by atoms with van der Waals surface area (Å²) in [7, 11) is 0. The van der Waals surface area contributed by atoms with Crippen LogP contribution in [0, 0.1) is 5.92 Å². The summed E-state index contributed by atoms with van der Waals surface area (Å²) in [6.07, 6.45) is 0.443. The molecule has 0 aromatic heterocycles. The molecule has 1 heterocycles. The fourth-order valence-corrected chi connectivity index (χ4v) is 2.22. The minimum atomic E-state index is -0.112. The number of hydrogen-bond donors (Lipinski definition) is 2. The SMILES string of the molecule is CC(C(=O)NN)C(C)N1C[C@@H](C)O[C@@H](C)C1. The molecule has 1 saturated heterocycles. The second kappa shape index (κ2) is 5.61. The Hall–Kier alpha value is -0.650. The molecule has 1 fully saturated rings. The van der Waals surface area contributed by atoms with Gasteiger partial charge in [0, 0.05) is 19.1 Å². The predicted molar refractivity (Wildman–Crippen MR) is 62.5 cm³/mol. The molecule has 0 radical (unpaired) electrons. The van der Waals surface area contributed by atoms with E-state index in [-0.39, 0.29) is 30.1 Å². The molecule has 1 rings (SSSR count). The van der Waals surface area contributed by atoms with Gasteiger partial charge in [-0.15, -0.1) is 0 Å². The normalized spacial score (nSPS) is 30.8. The van der Waals surface area contributed by atoms with Gasteiger partial charge in [-0.2, -0.15) is 0 Å². The van der Waals surface area contributed by atoms with Crippen LogP contribution in [0.3, 0.4) is 0 Å². The van der Waals surface area contributed by atoms with Crippen LogP contribution >= 0.6 is 0 Å². The molecule has 16 heavy (non-hydrogen) atoms. The maximum absolute atomic E-state index is 11.5. The molecule has 2 unspecified atom stereocenters. The first kappa shape index (κ1) is 13.4. The lowest BCUT2D eigenvalue weighted by Gasteiger charge is -2.40. The van der Waals surface area contributed by atoms with Crippen LogP contribution in [0.15, 0.2) is 0 Å². The summed E-state index contributed by atoms with van der Waals surface area (Å²) in [6, 6.07) is 0.178. The van der Waals surface area contributed by atoms with E-state index >= 15 is 0 Å². The van der Waals surface area contributed by atoms with Crippen molar-refractivity contribution in [2.75, 3.05) is 13.1 Å². The minimum Gasteiger partial charge on any atom is -0.373 e. The molecule has 0 aliphatic carbocycles. The van der Waals surface area contributed by atoms with E-state index < -0.39 is 0 Å². The third-order valence-corrected chi connectivity index (χ3v) is 3.30. The number of nitrogens with two attached hydrogens (primary N) is 1. The zero-order valence-electron chi connectivity index (χ0n) is 10.6. The smallest absolute Gasteiger partial charge is 0.238 e. The fourth-order valence-electron chi connectivity index (χ4n) is 2.22. The van der Waals surface area contributed by atoms with E-state index in [4.69, 9.17) is 10.6 Å². The Kier molecular flexibility index (Phi) is 4.70. The number of carbonyl (C=O) groups excluding carboxylic acids is 1. The van der Waals surface area contributed by atoms with Crippen molar-refractivity contribution in [2.45, 2.75) is 45.9 Å². The Morgan fingerprint density at radius 2 is 1.88 bits per heavy atom. The lowest BCUT2D eigenvalue weighted by atomic mass is 10.00. The van der Waals surface area contributed by atoms with Crippen LogP contribution in [0.1, 0.15) is 27.7 Å². The molecule has 5 nitrogen and oxygen atoms in total. The highest BCUT2D eigenvalue weighted by atomic mass is 16.5. The largest absolute Gasteiger partial charge is 0.373 e. The first-order valence-electron chi connectivity index (χ1n) is 5.85. The molecule has 4 atom stereocenters. The van der Waals surface area contributed by atoms with Crippen molar-refractivity contribution in [3.05, 3.63) is 0 Å². The van der Waals surface area contributed by atoms with Crippen molar-refractivity contribution in [1.29, 1.82) is 0 Å². The molecule has 0 aromatic rings. The molecule has 0 saturated carbocycles. The Balaban J connectivity index is 2.58. The van der Waals surface area contributed by atoms with Crippen molar-refractivity contribution in [1.82, 2.24) is 10.3 Å². The fraction of sp³-hybridized carbons (Fsp3) is 0.909. The maximum Gasteiger partial charge on any atom is 0.238 e. The van der Waals surface area contributed by atoms with Gasteiger partial charge in [-0.3, -0.25) is 15.1 Å². The average Bonchev–Trinajstić information content (AvgIpc) is 2.24. The molecule has 1 aliphatic rings. The second-order valence-electron chi connectivity index (χ2n) is 4.75. The van der Waals surface area contributed by atoms with E-state index in [2.05, 4.69) is 31.1 Å². The first-order chi connectivity index (χ1) is 7.45. The monoisotopic (exact) mass is 229 g/mol. The van der Waals surface area contributed by atoms with Crippen molar-refractivity contribution >= 4 is 5.91 Å². The number of ether oxygens (including phenoxy) is 1. The maximum atomic E-state index is 11.5. The van der Waals surface area contributed by atoms with Crippen LogP contribution in [-0.2, 0) is 9.53 Å². The van der Waals surface area contributed by atoms with Crippen LogP contribution in [0.2, 0.25) is 0 Å². The molecule has 0 bridgehead atoms. The summed E-state index contributed by atoms with van der Waals surface area (Å²) in [4.78, 5) is 13.8. The van der Waals surface area contributed by atoms with Gasteiger partial charge in [-0.05, 0) is 20.8 Å². The predicted octanol–water partition coefficient (Wildman–Crippen LogP) is 0.110. The van der Waals surface area contributed by atoms with Gasteiger partial charge in [0.05, 0.1) is 18.1 Å². The Labute approximate surface area is 97.3 Å². The van der Waals surface area contributed by atoms with Crippen molar-refractivity contribution < 1.29 is 9.53 Å². The second-order valence-corrected chi connectivity index (χ2v) is 4.75. The average molecular weight is 229 g/mol. The molecule has 94 valence electrons. The number of nitrogens with zero attached hydrogens (tertiary/aromatic N) is 1. The summed E-state index contributed by atoms with van der Waals surface area (Å²) >= 11 is 0. The molecule has 0 aromatic carbocycles. The Bertz CT molecular complexity index is 237. The standard InChI is InChI=1S/C11H23N3O2/c1-7-5-14(6-8(2)16-7)10(4)9(3)11(15)13-12/h7-10H,5-6,12H2,1-4H3,(H,13,15)/t7-,8+,9?,10?. The van der Waals surface area contributed by atoms with Gasteiger partial charge in [0.25, 0.3) is 0 Å².